The third-order valence-electron chi connectivity index (χ3n) is 2.31. The summed E-state index contributed by atoms with van der Waals surface area (Å²) in [4.78, 5) is 0. The van der Waals surface area contributed by atoms with Crippen molar-refractivity contribution in [2.45, 2.75) is 59.5 Å². The van der Waals surface area contributed by atoms with Crippen molar-refractivity contribution in [3.8, 4) is 0 Å². The van der Waals surface area contributed by atoms with E-state index in [1.807, 2.05) is 6.92 Å². The minimum atomic E-state index is -0.210. The average molecular weight is 184 g/mol. The Balaban J connectivity index is 3.61. The molecule has 0 aromatic rings. The normalized spacial score (nSPS) is 15.1. The monoisotopic (exact) mass is 184 g/mol. The van der Waals surface area contributed by atoms with E-state index in [-0.39, 0.29) is 6.10 Å². The van der Waals surface area contributed by atoms with E-state index in [9.17, 15) is 5.11 Å². The van der Waals surface area contributed by atoms with Gasteiger partial charge in [0.15, 0.2) is 0 Å². The van der Waals surface area contributed by atoms with Crippen molar-refractivity contribution in [3.05, 3.63) is 11.6 Å². The van der Waals surface area contributed by atoms with E-state index >= 15 is 0 Å². The molecule has 0 saturated heterocycles. The molecular weight excluding hydrogens is 160 g/mol. The van der Waals surface area contributed by atoms with E-state index in [1.54, 1.807) is 0 Å². The van der Waals surface area contributed by atoms with Gasteiger partial charge in [0.05, 0.1) is 6.10 Å². The Morgan fingerprint density at radius 2 is 1.92 bits per heavy atom. The summed E-state index contributed by atoms with van der Waals surface area (Å²) in [6, 6.07) is 0. The van der Waals surface area contributed by atoms with Gasteiger partial charge in [-0.05, 0) is 31.3 Å². The highest BCUT2D eigenvalue weighted by Crippen LogP contribution is 2.13. The first-order chi connectivity index (χ1) is 6.07. The van der Waals surface area contributed by atoms with Crippen molar-refractivity contribution in [1.29, 1.82) is 0 Å². The van der Waals surface area contributed by atoms with Crippen LogP contribution in [0.3, 0.4) is 0 Å². The Kier molecular flexibility index (Phi) is 6.97. The second-order valence-corrected chi connectivity index (χ2v) is 4.20. The minimum Gasteiger partial charge on any atom is -0.389 e. The molecule has 0 rings (SSSR count). The molecule has 0 spiro atoms. The second kappa shape index (κ2) is 7.14. The van der Waals surface area contributed by atoms with Gasteiger partial charge in [-0.3, -0.25) is 0 Å². The molecular formula is C12H24O. The van der Waals surface area contributed by atoms with Crippen LogP contribution >= 0.6 is 0 Å². The third kappa shape index (κ3) is 6.83. The van der Waals surface area contributed by atoms with Gasteiger partial charge in [0.1, 0.15) is 0 Å². The molecule has 0 amide bonds. The largest absolute Gasteiger partial charge is 0.389 e. The van der Waals surface area contributed by atoms with E-state index in [4.69, 9.17) is 0 Å². The highest BCUT2D eigenvalue weighted by atomic mass is 16.3. The lowest BCUT2D eigenvalue weighted by molar-refractivity contribution is 0.194. The molecule has 0 aliphatic carbocycles. The molecule has 1 nitrogen and oxygen atoms in total. The molecule has 0 saturated carbocycles. The first kappa shape index (κ1) is 12.7. The van der Waals surface area contributed by atoms with Crippen LogP contribution in [-0.2, 0) is 0 Å². The summed E-state index contributed by atoms with van der Waals surface area (Å²) in [5.74, 6) is 0.752. The van der Waals surface area contributed by atoms with E-state index in [0.717, 1.165) is 30.8 Å². The van der Waals surface area contributed by atoms with Gasteiger partial charge in [-0.1, -0.05) is 39.7 Å². The van der Waals surface area contributed by atoms with Gasteiger partial charge in [0.25, 0.3) is 0 Å². The van der Waals surface area contributed by atoms with E-state index in [2.05, 4.69) is 26.8 Å². The minimum absolute atomic E-state index is 0.210. The number of allylic oxidation sites excluding steroid dienone is 1. The molecule has 0 aromatic heterocycles. The Labute approximate surface area is 82.9 Å². The lowest BCUT2D eigenvalue weighted by atomic mass is 10.0. The highest BCUT2D eigenvalue weighted by Gasteiger charge is 2.05. The third-order valence-corrected chi connectivity index (χ3v) is 2.31. The lowest BCUT2D eigenvalue weighted by Gasteiger charge is -2.11. The fourth-order valence-corrected chi connectivity index (χ4v) is 1.41. The molecule has 1 heteroatoms. The maximum absolute atomic E-state index is 9.69. The van der Waals surface area contributed by atoms with Gasteiger partial charge in [0.2, 0.25) is 0 Å². The zero-order valence-electron chi connectivity index (χ0n) is 9.51. The molecule has 1 unspecified atom stereocenters. The van der Waals surface area contributed by atoms with Crippen molar-refractivity contribution in [3.63, 3.8) is 0 Å². The summed E-state index contributed by atoms with van der Waals surface area (Å²) in [6.07, 6.45) is 6.19. The summed E-state index contributed by atoms with van der Waals surface area (Å²) >= 11 is 0. The fourth-order valence-electron chi connectivity index (χ4n) is 1.41. The van der Waals surface area contributed by atoms with Crippen LogP contribution in [0.15, 0.2) is 11.6 Å². The van der Waals surface area contributed by atoms with Gasteiger partial charge in [-0.25, -0.2) is 0 Å². The summed E-state index contributed by atoms with van der Waals surface area (Å²) in [7, 11) is 0. The Morgan fingerprint density at radius 1 is 1.31 bits per heavy atom. The maximum atomic E-state index is 9.69. The quantitative estimate of drug-likeness (QED) is 0.626. The van der Waals surface area contributed by atoms with Crippen molar-refractivity contribution in [1.82, 2.24) is 0 Å². The smallest absolute Gasteiger partial charge is 0.0747 e. The first-order valence-corrected chi connectivity index (χ1v) is 5.42. The van der Waals surface area contributed by atoms with Gasteiger partial charge < -0.3 is 5.11 Å². The van der Waals surface area contributed by atoms with Crippen molar-refractivity contribution in [2.24, 2.45) is 5.92 Å². The molecule has 0 fully saturated rings. The molecule has 1 atom stereocenters. The van der Waals surface area contributed by atoms with Crippen LogP contribution < -0.4 is 0 Å². The first-order valence-electron chi connectivity index (χ1n) is 5.42. The van der Waals surface area contributed by atoms with Gasteiger partial charge in [0, 0.05) is 0 Å². The molecule has 1 N–H and O–H groups in total. The zero-order valence-corrected chi connectivity index (χ0v) is 9.51. The summed E-state index contributed by atoms with van der Waals surface area (Å²) in [5.41, 5.74) is 1.13. The molecule has 0 aliphatic rings. The van der Waals surface area contributed by atoms with Crippen LogP contribution in [0.2, 0.25) is 0 Å². The number of aliphatic hydroxyl groups excluding tert-OH is 1. The Morgan fingerprint density at radius 3 is 2.38 bits per heavy atom. The summed E-state index contributed by atoms with van der Waals surface area (Å²) in [5, 5.41) is 9.69. The fraction of sp³-hybridized carbons (Fsp3) is 0.833. The number of aliphatic hydroxyl groups is 1. The summed E-state index contributed by atoms with van der Waals surface area (Å²) in [6.45, 7) is 8.57. The van der Waals surface area contributed by atoms with E-state index in [1.165, 1.54) is 6.42 Å². The SMILES string of the molecule is CC/C=C(\C)C(O)CCCC(C)C. The molecule has 13 heavy (non-hydrogen) atoms. The van der Waals surface area contributed by atoms with Crippen LogP contribution in [-0.4, -0.2) is 11.2 Å². The molecule has 0 heterocycles. The molecule has 0 bridgehead atoms. The Bertz CT molecular complexity index is 147. The van der Waals surface area contributed by atoms with Crippen molar-refractivity contribution >= 4 is 0 Å². The van der Waals surface area contributed by atoms with E-state index < -0.39 is 0 Å². The van der Waals surface area contributed by atoms with Crippen LogP contribution in [0.1, 0.15) is 53.4 Å². The predicted molar refractivity (Wildman–Crippen MR) is 58.7 cm³/mol. The van der Waals surface area contributed by atoms with Crippen LogP contribution in [0, 0.1) is 5.92 Å². The van der Waals surface area contributed by atoms with Crippen LogP contribution in [0.25, 0.3) is 0 Å². The molecule has 78 valence electrons. The van der Waals surface area contributed by atoms with Gasteiger partial charge in [-0.15, -0.1) is 0 Å². The number of hydrogen-bond donors (Lipinski definition) is 1. The maximum Gasteiger partial charge on any atom is 0.0747 e. The highest BCUT2D eigenvalue weighted by molar-refractivity contribution is 5.03. The lowest BCUT2D eigenvalue weighted by Crippen LogP contribution is -2.08. The average Bonchev–Trinajstić information content (AvgIpc) is 2.04. The van der Waals surface area contributed by atoms with Crippen molar-refractivity contribution in [2.75, 3.05) is 0 Å². The number of hydrogen-bond acceptors (Lipinski definition) is 1. The van der Waals surface area contributed by atoms with Gasteiger partial charge in [-0.2, -0.15) is 0 Å². The van der Waals surface area contributed by atoms with Crippen LogP contribution in [0.5, 0.6) is 0 Å². The number of rotatable bonds is 6. The standard InChI is InChI=1S/C12H24O/c1-5-7-11(4)12(13)9-6-8-10(2)3/h7,10,12-13H,5-6,8-9H2,1-4H3/b11-7+. The predicted octanol–water partition coefficient (Wildman–Crippen LogP) is 3.53. The van der Waals surface area contributed by atoms with E-state index in [0.29, 0.717) is 0 Å². The van der Waals surface area contributed by atoms with Gasteiger partial charge >= 0.3 is 0 Å². The molecule has 0 aliphatic heterocycles. The Hall–Kier alpha value is -0.300. The van der Waals surface area contributed by atoms with Crippen LogP contribution in [0.4, 0.5) is 0 Å². The van der Waals surface area contributed by atoms with Crippen molar-refractivity contribution < 1.29 is 5.11 Å². The second-order valence-electron chi connectivity index (χ2n) is 4.20. The zero-order chi connectivity index (χ0) is 10.3. The molecule has 0 radical (unpaired) electrons. The molecule has 0 aromatic carbocycles. The summed E-state index contributed by atoms with van der Waals surface area (Å²) < 4.78 is 0. The topological polar surface area (TPSA) is 20.2 Å².